The molecule has 7 nitrogen and oxygen atoms in total. The second-order valence-electron chi connectivity index (χ2n) is 10.6. The summed E-state index contributed by atoms with van der Waals surface area (Å²) >= 11 is 6.13. The monoisotopic (exact) mass is 527 g/mol. The van der Waals surface area contributed by atoms with E-state index in [0.717, 1.165) is 18.4 Å². The number of halogens is 2. The van der Waals surface area contributed by atoms with Crippen LogP contribution in [-0.2, 0) is 9.59 Å². The van der Waals surface area contributed by atoms with Gasteiger partial charge in [0.2, 0.25) is 0 Å². The number of amides is 2. The number of hydrogen-bond donors (Lipinski definition) is 2. The largest absolute Gasteiger partial charge is 0.481 e. The molecule has 1 heterocycles. The Bertz CT molecular complexity index is 1250. The van der Waals surface area contributed by atoms with Gasteiger partial charge >= 0.3 is 5.97 Å². The molecule has 1 atom stereocenters. The standard InChI is InChI=1S/C28H31ClFN3O4/c1-17(18-4-6-19(7-5-18)25(36)31-15-10-23(34)35)33-26(37)24(21-16-20(29)8-9-22(21)30)32-28(33)13-11-27(2,3)12-14-28/h4-9,16-17H,10-15H2,1-3H3,(H,31,36)(H,34,35). The van der Waals surface area contributed by atoms with Crippen molar-refractivity contribution in [2.75, 3.05) is 6.54 Å². The van der Waals surface area contributed by atoms with Crippen LogP contribution in [0.1, 0.15) is 80.4 Å². The third kappa shape index (κ3) is 5.54. The predicted molar refractivity (Wildman–Crippen MR) is 139 cm³/mol. The molecular formula is C28H31ClFN3O4. The van der Waals surface area contributed by atoms with Crippen LogP contribution in [0.5, 0.6) is 0 Å². The zero-order chi connectivity index (χ0) is 27.0. The Balaban J connectivity index is 1.63. The van der Waals surface area contributed by atoms with Gasteiger partial charge in [0.15, 0.2) is 0 Å². The van der Waals surface area contributed by atoms with E-state index in [1.807, 2.05) is 6.92 Å². The molecule has 0 saturated heterocycles. The number of carboxylic acids is 1. The number of nitrogens with zero attached hydrogens (tertiary/aromatic N) is 2. The molecule has 2 aromatic carbocycles. The molecule has 4 rings (SSSR count). The average Bonchev–Trinajstić information content (AvgIpc) is 3.14. The second-order valence-corrected chi connectivity index (χ2v) is 11.0. The summed E-state index contributed by atoms with van der Waals surface area (Å²) in [5.41, 5.74) is 0.719. The van der Waals surface area contributed by atoms with Crippen LogP contribution in [0.3, 0.4) is 0 Å². The fraction of sp³-hybridized carbons (Fsp3) is 0.429. The third-order valence-corrected chi connectivity index (χ3v) is 7.68. The second kappa shape index (κ2) is 10.2. The van der Waals surface area contributed by atoms with Gasteiger partial charge in [0.25, 0.3) is 11.8 Å². The molecule has 2 aliphatic rings. The molecule has 2 amide bonds. The maximum atomic E-state index is 14.8. The van der Waals surface area contributed by atoms with E-state index in [4.69, 9.17) is 21.7 Å². The predicted octanol–water partition coefficient (Wildman–Crippen LogP) is 5.37. The Morgan fingerprint density at radius 1 is 1.14 bits per heavy atom. The molecule has 2 N–H and O–H groups in total. The Morgan fingerprint density at radius 3 is 2.41 bits per heavy atom. The van der Waals surface area contributed by atoms with Crippen molar-refractivity contribution < 1.29 is 23.9 Å². The minimum absolute atomic E-state index is 0.0354. The van der Waals surface area contributed by atoms with Gasteiger partial charge < -0.3 is 15.3 Å². The highest BCUT2D eigenvalue weighted by Crippen LogP contribution is 2.49. The SMILES string of the molecule is CC(c1ccc(C(=O)NCCC(=O)O)cc1)N1C(=O)C(c2cc(Cl)ccc2F)=NC12CCC(C)(C)CC2. The molecule has 1 saturated carbocycles. The van der Waals surface area contributed by atoms with Gasteiger partial charge in [0, 0.05) is 22.7 Å². The van der Waals surface area contributed by atoms with Gasteiger partial charge in [-0.05, 0) is 73.9 Å². The van der Waals surface area contributed by atoms with Crippen LogP contribution >= 0.6 is 11.6 Å². The van der Waals surface area contributed by atoms with Gasteiger partial charge in [0.1, 0.15) is 17.2 Å². The number of carbonyl (C=O) groups is 3. The number of nitrogens with one attached hydrogen (secondary N) is 1. The van der Waals surface area contributed by atoms with E-state index in [1.165, 1.54) is 18.2 Å². The first-order chi connectivity index (χ1) is 17.4. The van der Waals surface area contributed by atoms with Crippen LogP contribution in [0.25, 0.3) is 0 Å². The average molecular weight is 528 g/mol. The van der Waals surface area contributed by atoms with Gasteiger partial charge in [-0.1, -0.05) is 37.6 Å². The van der Waals surface area contributed by atoms with Gasteiger partial charge in [0.05, 0.1) is 12.5 Å². The number of hydrogen-bond acceptors (Lipinski definition) is 4. The lowest BCUT2D eigenvalue weighted by Gasteiger charge is -2.46. The van der Waals surface area contributed by atoms with Gasteiger partial charge in [-0.2, -0.15) is 0 Å². The van der Waals surface area contributed by atoms with Crippen LogP contribution in [0.15, 0.2) is 47.5 Å². The lowest BCUT2D eigenvalue weighted by molar-refractivity contribution is -0.137. The number of aliphatic imine (C=N–C) groups is 1. The molecule has 1 aliphatic heterocycles. The van der Waals surface area contributed by atoms with Crippen molar-refractivity contribution in [3.8, 4) is 0 Å². The van der Waals surface area contributed by atoms with Crippen molar-refractivity contribution in [1.82, 2.24) is 10.2 Å². The zero-order valence-electron chi connectivity index (χ0n) is 21.2. The van der Waals surface area contributed by atoms with Crippen molar-refractivity contribution in [2.45, 2.75) is 64.6 Å². The van der Waals surface area contributed by atoms with E-state index in [-0.39, 0.29) is 47.5 Å². The van der Waals surface area contributed by atoms with E-state index in [0.29, 0.717) is 23.4 Å². The maximum absolute atomic E-state index is 14.8. The summed E-state index contributed by atoms with van der Waals surface area (Å²) in [6, 6.07) is 10.6. The molecular weight excluding hydrogens is 497 g/mol. The molecule has 1 aliphatic carbocycles. The molecule has 37 heavy (non-hydrogen) atoms. The number of benzene rings is 2. The van der Waals surface area contributed by atoms with Crippen molar-refractivity contribution >= 4 is 35.1 Å². The minimum atomic E-state index is -0.987. The van der Waals surface area contributed by atoms with Crippen LogP contribution in [-0.4, -0.2) is 45.7 Å². The smallest absolute Gasteiger partial charge is 0.305 e. The molecule has 0 radical (unpaired) electrons. The number of carbonyl (C=O) groups excluding carboxylic acids is 2. The third-order valence-electron chi connectivity index (χ3n) is 7.44. The van der Waals surface area contributed by atoms with Gasteiger partial charge in [-0.25, -0.2) is 4.39 Å². The minimum Gasteiger partial charge on any atom is -0.481 e. The molecule has 2 aromatic rings. The highest BCUT2D eigenvalue weighted by Gasteiger charge is 2.52. The highest BCUT2D eigenvalue weighted by atomic mass is 35.5. The quantitative estimate of drug-likeness (QED) is 0.505. The van der Waals surface area contributed by atoms with E-state index >= 15 is 0 Å². The first kappa shape index (κ1) is 26.8. The molecule has 196 valence electrons. The molecule has 1 fully saturated rings. The Labute approximate surface area is 220 Å². The lowest BCUT2D eigenvalue weighted by atomic mass is 9.72. The Kier molecular flexibility index (Phi) is 7.42. The summed E-state index contributed by atoms with van der Waals surface area (Å²) in [7, 11) is 0. The number of carboxylic acid groups (broad SMARTS) is 1. The van der Waals surface area contributed by atoms with E-state index in [2.05, 4.69) is 19.2 Å². The van der Waals surface area contributed by atoms with Crippen molar-refractivity contribution in [1.29, 1.82) is 0 Å². The van der Waals surface area contributed by atoms with Crippen LogP contribution < -0.4 is 5.32 Å². The van der Waals surface area contributed by atoms with Crippen LogP contribution in [0.4, 0.5) is 4.39 Å². The zero-order valence-corrected chi connectivity index (χ0v) is 21.9. The fourth-order valence-electron chi connectivity index (χ4n) is 5.13. The highest BCUT2D eigenvalue weighted by molar-refractivity contribution is 6.47. The number of aliphatic carboxylic acids is 1. The van der Waals surface area contributed by atoms with Crippen LogP contribution in [0.2, 0.25) is 5.02 Å². The Morgan fingerprint density at radius 2 is 1.78 bits per heavy atom. The summed E-state index contributed by atoms with van der Waals surface area (Å²) in [6.45, 7) is 6.35. The Hall–Kier alpha value is -3.26. The molecule has 9 heteroatoms. The first-order valence-electron chi connectivity index (χ1n) is 12.4. The van der Waals surface area contributed by atoms with Crippen LogP contribution in [0, 0.1) is 11.2 Å². The summed E-state index contributed by atoms with van der Waals surface area (Å²) in [4.78, 5) is 43.5. The molecule has 1 unspecified atom stereocenters. The lowest BCUT2D eigenvalue weighted by Crippen LogP contribution is -2.51. The summed E-state index contributed by atoms with van der Waals surface area (Å²) in [5.74, 6) is -2.25. The molecule has 1 spiro atoms. The normalized spacial score (nSPS) is 19.0. The molecule has 0 bridgehead atoms. The van der Waals surface area contributed by atoms with Gasteiger partial charge in [-0.15, -0.1) is 0 Å². The van der Waals surface area contributed by atoms with E-state index in [9.17, 15) is 18.8 Å². The molecule has 0 aromatic heterocycles. The van der Waals surface area contributed by atoms with E-state index in [1.54, 1.807) is 29.2 Å². The summed E-state index contributed by atoms with van der Waals surface area (Å²) < 4.78 is 14.8. The fourth-order valence-corrected chi connectivity index (χ4v) is 5.30. The number of rotatable bonds is 7. The maximum Gasteiger partial charge on any atom is 0.305 e. The topological polar surface area (TPSA) is 99.1 Å². The van der Waals surface area contributed by atoms with Crippen molar-refractivity contribution in [3.63, 3.8) is 0 Å². The van der Waals surface area contributed by atoms with Crippen molar-refractivity contribution in [3.05, 3.63) is 70.0 Å². The first-order valence-corrected chi connectivity index (χ1v) is 12.8. The van der Waals surface area contributed by atoms with Crippen molar-refractivity contribution in [2.24, 2.45) is 10.4 Å². The summed E-state index contributed by atoms with van der Waals surface area (Å²) in [5, 5.41) is 11.7. The van der Waals surface area contributed by atoms with Gasteiger partial charge in [-0.3, -0.25) is 19.4 Å². The van der Waals surface area contributed by atoms with E-state index < -0.39 is 17.4 Å². The summed E-state index contributed by atoms with van der Waals surface area (Å²) in [6.07, 6.45) is 2.89.